The van der Waals surface area contributed by atoms with Gasteiger partial charge in [0.25, 0.3) is 0 Å². The Bertz CT molecular complexity index is 506. The molecule has 2 aromatic carbocycles. The second kappa shape index (κ2) is 5.14. The van der Waals surface area contributed by atoms with E-state index in [4.69, 9.17) is 0 Å². The number of hydrogen-bond donors (Lipinski definition) is 0. The van der Waals surface area contributed by atoms with Crippen LogP contribution in [0.3, 0.4) is 0 Å². The summed E-state index contributed by atoms with van der Waals surface area (Å²) >= 11 is 0. The molecule has 0 aromatic heterocycles. The van der Waals surface area contributed by atoms with Crippen molar-refractivity contribution in [2.75, 3.05) is 0 Å². The van der Waals surface area contributed by atoms with Crippen molar-refractivity contribution < 1.29 is 4.57 Å². The largest absolute Gasteiger partial charge is 0.325 e. The molecule has 0 spiro atoms. The van der Waals surface area contributed by atoms with Crippen LogP contribution in [0, 0.1) is 6.92 Å². The van der Waals surface area contributed by atoms with Crippen molar-refractivity contribution in [1.82, 2.24) is 0 Å². The van der Waals surface area contributed by atoms with Gasteiger partial charge in [-0.05, 0) is 30.0 Å². The topological polar surface area (TPSA) is 17.1 Å². The minimum Gasteiger partial charge on any atom is -0.325 e. The number of hydrogen-bond acceptors (Lipinski definition) is 1. The van der Waals surface area contributed by atoms with Crippen LogP contribution in [0.5, 0.6) is 0 Å². The lowest BCUT2D eigenvalue weighted by atomic mass is 10.0. The molecule has 0 aliphatic heterocycles. The van der Waals surface area contributed by atoms with E-state index < -0.39 is 8.46 Å². The van der Waals surface area contributed by atoms with Crippen LogP contribution in [-0.2, 0) is 11.0 Å². The molecule has 1 atom stereocenters. The van der Waals surface area contributed by atoms with Gasteiger partial charge in [0.1, 0.15) is 0 Å². The van der Waals surface area contributed by atoms with Crippen molar-refractivity contribution in [2.24, 2.45) is 0 Å². The molecule has 2 aromatic rings. The maximum atomic E-state index is 11.1. The summed E-state index contributed by atoms with van der Waals surface area (Å²) in [6.07, 6.45) is 0.873. The summed E-state index contributed by atoms with van der Waals surface area (Å²) < 4.78 is 11.1. The predicted molar refractivity (Wildman–Crippen MR) is 70.5 cm³/mol. The highest BCUT2D eigenvalue weighted by atomic mass is 31.1. The molecule has 2 rings (SSSR count). The molecule has 0 heterocycles. The summed E-state index contributed by atoms with van der Waals surface area (Å²) in [5, 5.41) is 0.991. The van der Waals surface area contributed by atoms with Crippen molar-refractivity contribution in [3.8, 4) is 0 Å². The summed E-state index contributed by atoms with van der Waals surface area (Å²) in [6.45, 7) is 2.11. The van der Waals surface area contributed by atoms with E-state index in [2.05, 4.69) is 31.2 Å². The van der Waals surface area contributed by atoms with Crippen LogP contribution in [0.4, 0.5) is 0 Å². The first kappa shape index (κ1) is 11.2. The van der Waals surface area contributed by atoms with Crippen molar-refractivity contribution in [1.29, 1.82) is 0 Å². The number of aryl methyl sites for hydroxylation is 1. The fourth-order valence-corrected chi connectivity index (χ4v) is 2.36. The standard InChI is InChI=1S/C14H15OP/c1-11-6-2-3-7-12(11)10-13-8-4-5-9-14(13)16-15/h2-9H,10,16H2,1H3. The van der Waals surface area contributed by atoms with E-state index in [1.807, 2.05) is 24.3 Å². The molecule has 0 fully saturated rings. The minimum absolute atomic E-state index is 0.844. The Morgan fingerprint density at radius 2 is 1.56 bits per heavy atom. The molecule has 1 nitrogen and oxygen atoms in total. The third kappa shape index (κ3) is 2.43. The molecule has 0 bridgehead atoms. The fourth-order valence-electron chi connectivity index (χ4n) is 1.82. The first-order chi connectivity index (χ1) is 7.81. The lowest BCUT2D eigenvalue weighted by Gasteiger charge is -2.07. The summed E-state index contributed by atoms with van der Waals surface area (Å²) in [6, 6.07) is 16.3. The van der Waals surface area contributed by atoms with Crippen LogP contribution in [-0.4, -0.2) is 0 Å². The van der Waals surface area contributed by atoms with Crippen LogP contribution in [0.15, 0.2) is 48.5 Å². The molecule has 82 valence electrons. The Hall–Kier alpha value is -1.33. The minimum atomic E-state index is -0.844. The van der Waals surface area contributed by atoms with Crippen molar-refractivity contribution in [3.05, 3.63) is 65.2 Å². The maximum Gasteiger partial charge on any atom is 0.0924 e. The van der Waals surface area contributed by atoms with Gasteiger partial charge in [0.15, 0.2) is 0 Å². The summed E-state index contributed by atoms with van der Waals surface area (Å²) in [7, 11) is -0.844. The number of rotatable bonds is 3. The Labute approximate surface area is 97.3 Å². The maximum absolute atomic E-state index is 11.1. The first-order valence-corrected chi connectivity index (χ1v) is 6.43. The molecule has 0 N–H and O–H groups in total. The van der Waals surface area contributed by atoms with Gasteiger partial charge in [0.05, 0.1) is 8.46 Å². The SMILES string of the molecule is Cc1ccccc1Cc1ccccc1[PH2]=O. The summed E-state index contributed by atoms with van der Waals surface area (Å²) in [4.78, 5) is 0. The van der Waals surface area contributed by atoms with E-state index in [1.165, 1.54) is 16.7 Å². The zero-order chi connectivity index (χ0) is 11.4. The second-order valence-corrected chi connectivity index (χ2v) is 4.78. The Morgan fingerprint density at radius 1 is 0.938 bits per heavy atom. The van der Waals surface area contributed by atoms with Crippen molar-refractivity contribution in [2.45, 2.75) is 13.3 Å². The van der Waals surface area contributed by atoms with Crippen LogP contribution < -0.4 is 5.30 Å². The third-order valence-corrected chi connectivity index (χ3v) is 3.64. The van der Waals surface area contributed by atoms with Gasteiger partial charge in [-0.25, -0.2) is 0 Å². The molecule has 0 amide bonds. The van der Waals surface area contributed by atoms with Gasteiger partial charge >= 0.3 is 0 Å². The van der Waals surface area contributed by atoms with Crippen LogP contribution >= 0.6 is 8.46 Å². The van der Waals surface area contributed by atoms with Crippen molar-refractivity contribution in [3.63, 3.8) is 0 Å². The predicted octanol–water partition coefficient (Wildman–Crippen LogP) is 2.97. The smallest absolute Gasteiger partial charge is 0.0924 e. The Kier molecular flexibility index (Phi) is 3.58. The van der Waals surface area contributed by atoms with Gasteiger partial charge < -0.3 is 4.57 Å². The van der Waals surface area contributed by atoms with Gasteiger partial charge in [0.2, 0.25) is 0 Å². The van der Waals surface area contributed by atoms with E-state index >= 15 is 0 Å². The van der Waals surface area contributed by atoms with Gasteiger partial charge in [-0.1, -0.05) is 48.5 Å². The third-order valence-electron chi connectivity index (χ3n) is 2.82. The number of benzene rings is 2. The highest BCUT2D eigenvalue weighted by Crippen LogP contribution is 2.14. The molecular weight excluding hydrogens is 215 g/mol. The lowest BCUT2D eigenvalue weighted by Crippen LogP contribution is -2.03. The molecule has 2 heteroatoms. The van der Waals surface area contributed by atoms with E-state index in [9.17, 15) is 4.57 Å². The van der Waals surface area contributed by atoms with Crippen LogP contribution in [0.2, 0.25) is 0 Å². The molecule has 0 saturated heterocycles. The molecule has 1 unspecified atom stereocenters. The zero-order valence-corrected chi connectivity index (χ0v) is 10.5. The van der Waals surface area contributed by atoms with E-state index in [0.717, 1.165) is 11.7 Å². The highest BCUT2D eigenvalue weighted by molar-refractivity contribution is 7.34. The van der Waals surface area contributed by atoms with Crippen LogP contribution in [0.25, 0.3) is 0 Å². The normalized spacial score (nSPS) is 11.1. The molecule has 16 heavy (non-hydrogen) atoms. The van der Waals surface area contributed by atoms with Gasteiger partial charge in [-0.15, -0.1) is 0 Å². The van der Waals surface area contributed by atoms with Gasteiger partial charge in [-0.3, -0.25) is 0 Å². The monoisotopic (exact) mass is 230 g/mol. The quantitative estimate of drug-likeness (QED) is 0.741. The summed E-state index contributed by atoms with van der Waals surface area (Å²) in [5.41, 5.74) is 3.78. The highest BCUT2D eigenvalue weighted by Gasteiger charge is 2.02. The van der Waals surface area contributed by atoms with Crippen LogP contribution in [0.1, 0.15) is 16.7 Å². The zero-order valence-electron chi connectivity index (χ0n) is 9.31. The average Bonchev–Trinajstić information content (AvgIpc) is 2.33. The first-order valence-electron chi connectivity index (χ1n) is 5.39. The summed E-state index contributed by atoms with van der Waals surface area (Å²) in [5.74, 6) is 0. The van der Waals surface area contributed by atoms with E-state index in [-0.39, 0.29) is 0 Å². The average molecular weight is 230 g/mol. The molecular formula is C14H15OP. The van der Waals surface area contributed by atoms with Gasteiger partial charge in [0, 0.05) is 5.30 Å². The molecule has 0 radical (unpaired) electrons. The Morgan fingerprint density at radius 3 is 2.25 bits per heavy atom. The molecule has 0 aliphatic carbocycles. The van der Waals surface area contributed by atoms with Gasteiger partial charge in [-0.2, -0.15) is 0 Å². The fraction of sp³-hybridized carbons (Fsp3) is 0.143. The molecule has 0 aliphatic rings. The van der Waals surface area contributed by atoms with Crippen molar-refractivity contribution >= 4 is 13.8 Å². The lowest BCUT2D eigenvalue weighted by molar-refractivity contribution is 0.603. The second-order valence-electron chi connectivity index (χ2n) is 3.92. The van der Waals surface area contributed by atoms with E-state index in [1.54, 1.807) is 0 Å². The molecule has 0 saturated carbocycles. The Balaban J connectivity index is 2.34. The van der Waals surface area contributed by atoms with E-state index in [0.29, 0.717) is 0 Å².